The first-order valence-corrected chi connectivity index (χ1v) is 12.0. The van der Waals surface area contributed by atoms with Crippen molar-refractivity contribution in [3.05, 3.63) is 102 Å². The fraction of sp³-hybridized carbons (Fsp3) is 0.207. The predicted molar refractivity (Wildman–Crippen MR) is 139 cm³/mol. The van der Waals surface area contributed by atoms with E-state index in [-0.39, 0.29) is 24.5 Å². The van der Waals surface area contributed by atoms with Crippen LogP contribution in [0.15, 0.2) is 90.0 Å². The van der Waals surface area contributed by atoms with E-state index in [4.69, 9.17) is 4.74 Å². The van der Waals surface area contributed by atoms with E-state index in [0.717, 1.165) is 11.3 Å². The maximum Gasteiger partial charge on any atom is 0.307 e. The molecule has 1 heterocycles. The van der Waals surface area contributed by atoms with Crippen LogP contribution in [-0.4, -0.2) is 40.8 Å². The van der Waals surface area contributed by atoms with E-state index < -0.39 is 18.0 Å². The molecular weight excluding hydrogens is 470 g/mol. The Balaban J connectivity index is 1.38. The number of nitrogens with zero attached hydrogens (tertiary/aromatic N) is 2. The second-order valence-corrected chi connectivity index (χ2v) is 8.59. The molecule has 2 amide bonds. The van der Waals surface area contributed by atoms with Crippen LogP contribution in [0, 0.1) is 0 Å². The highest BCUT2D eigenvalue weighted by Gasteiger charge is 2.27. The molecule has 0 saturated carbocycles. The van der Waals surface area contributed by atoms with Gasteiger partial charge in [0.05, 0.1) is 18.7 Å². The molecule has 1 aliphatic rings. The van der Waals surface area contributed by atoms with Crippen LogP contribution in [0.2, 0.25) is 0 Å². The van der Waals surface area contributed by atoms with E-state index >= 15 is 0 Å². The number of nitrogens with one attached hydrogen (secondary N) is 1. The van der Waals surface area contributed by atoms with E-state index in [1.807, 2.05) is 30.3 Å². The first-order valence-electron chi connectivity index (χ1n) is 12.0. The Kier molecular flexibility index (Phi) is 8.20. The van der Waals surface area contributed by atoms with Crippen LogP contribution in [0.25, 0.3) is 0 Å². The van der Waals surface area contributed by atoms with Crippen molar-refractivity contribution in [1.82, 2.24) is 5.01 Å². The van der Waals surface area contributed by atoms with Crippen LogP contribution >= 0.6 is 0 Å². The molecule has 3 aromatic carbocycles. The largest absolute Gasteiger partial charge is 0.447 e. The van der Waals surface area contributed by atoms with Gasteiger partial charge in [-0.15, -0.1) is 0 Å². The summed E-state index contributed by atoms with van der Waals surface area (Å²) in [6.07, 6.45) is -0.864. The standard InChI is InChI=1S/C29H27N3O5/c1-20(33)23-13-8-14-24(19-23)30-29(36)28(22-11-6-3-7-12-22)37-27(35)16-15-26(34)32-18-17-25(31-32)21-9-4-2-5-10-21/h2-14,19,28H,15-18H2,1H3,(H,30,36). The highest BCUT2D eigenvalue weighted by atomic mass is 16.5. The summed E-state index contributed by atoms with van der Waals surface area (Å²) >= 11 is 0. The molecule has 8 nitrogen and oxygen atoms in total. The number of hydrazone groups is 1. The van der Waals surface area contributed by atoms with Crippen LogP contribution in [0.1, 0.15) is 53.8 Å². The van der Waals surface area contributed by atoms with Crippen molar-refractivity contribution in [2.24, 2.45) is 5.10 Å². The topological polar surface area (TPSA) is 105 Å². The van der Waals surface area contributed by atoms with Gasteiger partial charge in [0.15, 0.2) is 5.78 Å². The van der Waals surface area contributed by atoms with Gasteiger partial charge in [-0.1, -0.05) is 72.8 Å². The summed E-state index contributed by atoms with van der Waals surface area (Å²) in [5, 5.41) is 8.48. The summed E-state index contributed by atoms with van der Waals surface area (Å²) in [5.41, 5.74) is 3.13. The van der Waals surface area contributed by atoms with Crippen molar-refractivity contribution < 1.29 is 23.9 Å². The monoisotopic (exact) mass is 497 g/mol. The molecule has 0 radical (unpaired) electrons. The minimum absolute atomic E-state index is 0.0891. The minimum atomic E-state index is -1.22. The average Bonchev–Trinajstić information content (AvgIpc) is 3.42. The van der Waals surface area contributed by atoms with Gasteiger partial charge in [0.1, 0.15) is 0 Å². The van der Waals surface area contributed by atoms with Crippen molar-refractivity contribution in [3.8, 4) is 0 Å². The number of hydrogen-bond donors (Lipinski definition) is 1. The van der Waals surface area contributed by atoms with Gasteiger partial charge in [0, 0.05) is 29.7 Å². The Morgan fingerprint density at radius 2 is 1.62 bits per heavy atom. The van der Waals surface area contributed by atoms with Crippen molar-refractivity contribution in [2.45, 2.75) is 32.3 Å². The van der Waals surface area contributed by atoms with Crippen LogP contribution in [0.4, 0.5) is 5.69 Å². The molecule has 0 aliphatic carbocycles. The summed E-state index contributed by atoms with van der Waals surface area (Å²) in [6.45, 7) is 1.89. The summed E-state index contributed by atoms with van der Waals surface area (Å²) < 4.78 is 5.53. The number of esters is 1. The predicted octanol–water partition coefficient (Wildman–Crippen LogP) is 4.53. The molecule has 1 atom stereocenters. The molecule has 1 N–H and O–H groups in total. The lowest BCUT2D eigenvalue weighted by atomic mass is 10.1. The second-order valence-electron chi connectivity index (χ2n) is 8.59. The zero-order chi connectivity index (χ0) is 26.2. The average molecular weight is 498 g/mol. The van der Waals surface area contributed by atoms with E-state index in [1.165, 1.54) is 11.9 Å². The molecule has 8 heteroatoms. The van der Waals surface area contributed by atoms with Gasteiger partial charge < -0.3 is 10.1 Å². The summed E-state index contributed by atoms with van der Waals surface area (Å²) in [6, 6.07) is 24.8. The van der Waals surface area contributed by atoms with Gasteiger partial charge in [-0.2, -0.15) is 5.10 Å². The minimum Gasteiger partial charge on any atom is -0.447 e. The molecule has 4 rings (SSSR count). The number of carbonyl (C=O) groups excluding carboxylic acids is 4. The molecule has 0 saturated heterocycles. The molecule has 188 valence electrons. The van der Waals surface area contributed by atoms with Crippen molar-refractivity contribution in [1.29, 1.82) is 0 Å². The van der Waals surface area contributed by atoms with Gasteiger partial charge in [0.25, 0.3) is 5.91 Å². The molecule has 1 aliphatic heterocycles. The van der Waals surface area contributed by atoms with Crippen LogP contribution in [0.3, 0.4) is 0 Å². The van der Waals surface area contributed by atoms with Gasteiger partial charge in [-0.25, -0.2) is 5.01 Å². The number of carbonyl (C=O) groups is 4. The Hall–Kier alpha value is -4.59. The van der Waals surface area contributed by atoms with E-state index in [2.05, 4.69) is 10.4 Å². The highest BCUT2D eigenvalue weighted by Crippen LogP contribution is 2.22. The number of ketones is 1. The lowest BCUT2D eigenvalue weighted by Gasteiger charge is -2.18. The normalized spacial score (nSPS) is 13.4. The number of hydrogen-bond acceptors (Lipinski definition) is 6. The molecule has 0 bridgehead atoms. The molecule has 0 spiro atoms. The zero-order valence-corrected chi connectivity index (χ0v) is 20.4. The quantitative estimate of drug-likeness (QED) is 0.345. The maximum absolute atomic E-state index is 13.1. The maximum atomic E-state index is 13.1. The molecule has 3 aromatic rings. The third-order valence-corrected chi connectivity index (χ3v) is 5.87. The number of amides is 2. The van der Waals surface area contributed by atoms with Crippen LogP contribution in [-0.2, 0) is 19.1 Å². The number of anilines is 1. The Labute approximate surface area is 214 Å². The molecule has 0 aromatic heterocycles. The molecule has 1 unspecified atom stereocenters. The highest BCUT2D eigenvalue weighted by molar-refractivity contribution is 6.03. The first-order chi connectivity index (χ1) is 17.9. The lowest BCUT2D eigenvalue weighted by Crippen LogP contribution is -2.27. The number of ether oxygens (including phenoxy) is 1. The van der Waals surface area contributed by atoms with Gasteiger partial charge in [-0.05, 0) is 24.6 Å². The van der Waals surface area contributed by atoms with Crippen molar-refractivity contribution >= 4 is 35.0 Å². The van der Waals surface area contributed by atoms with Gasteiger partial charge in [0.2, 0.25) is 12.0 Å². The number of Topliss-reactive ketones (excluding diaryl/α,β-unsaturated/α-hetero) is 1. The van der Waals surface area contributed by atoms with Gasteiger partial charge >= 0.3 is 5.97 Å². The van der Waals surface area contributed by atoms with Crippen molar-refractivity contribution in [2.75, 3.05) is 11.9 Å². The first kappa shape index (κ1) is 25.5. The summed E-state index contributed by atoms with van der Waals surface area (Å²) in [7, 11) is 0. The fourth-order valence-corrected chi connectivity index (χ4v) is 3.92. The van der Waals surface area contributed by atoms with E-state index in [9.17, 15) is 19.2 Å². The van der Waals surface area contributed by atoms with Crippen LogP contribution < -0.4 is 5.32 Å². The smallest absolute Gasteiger partial charge is 0.307 e. The van der Waals surface area contributed by atoms with Gasteiger partial charge in [-0.3, -0.25) is 19.2 Å². The Morgan fingerprint density at radius 3 is 2.32 bits per heavy atom. The van der Waals surface area contributed by atoms with Crippen LogP contribution in [0.5, 0.6) is 0 Å². The SMILES string of the molecule is CC(=O)c1cccc(NC(=O)C(OC(=O)CCC(=O)N2CCC(c3ccccc3)=N2)c2ccccc2)c1. The van der Waals surface area contributed by atoms with Crippen molar-refractivity contribution in [3.63, 3.8) is 0 Å². The third kappa shape index (κ3) is 6.76. The number of rotatable bonds is 9. The molecule has 0 fully saturated rings. The van der Waals surface area contributed by atoms with E-state index in [1.54, 1.807) is 54.6 Å². The number of benzene rings is 3. The molecule has 37 heavy (non-hydrogen) atoms. The second kappa shape index (κ2) is 11.9. The fourth-order valence-electron chi connectivity index (χ4n) is 3.92. The molecular formula is C29H27N3O5. The summed E-state index contributed by atoms with van der Waals surface area (Å²) in [5.74, 6) is -1.67. The van der Waals surface area contributed by atoms with E-state index in [0.29, 0.717) is 29.8 Å². The Bertz CT molecular complexity index is 1320. The lowest BCUT2D eigenvalue weighted by molar-refractivity contribution is -0.155. The third-order valence-electron chi connectivity index (χ3n) is 5.87. The zero-order valence-electron chi connectivity index (χ0n) is 20.4. The summed E-state index contributed by atoms with van der Waals surface area (Å²) in [4.78, 5) is 50.1. The Morgan fingerprint density at radius 1 is 0.919 bits per heavy atom.